The zero-order chi connectivity index (χ0) is 9.90. The summed E-state index contributed by atoms with van der Waals surface area (Å²) >= 11 is 18.2. The maximum Gasteiger partial charge on any atom is 0.344 e. The van der Waals surface area contributed by atoms with E-state index in [4.69, 9.17) is 33.2 Å². The van der Waals surface area contributed by atoms with Gasteiger partial charge in [-0.1, -0.05) is 32.6 Å². The van der Waals surface area contributed by atoms with E-state index in [1.807, 2.05) is 0 Å². The fraction of sp³-hybridized carbons (Fsp3) is 0.889. The highest BCUT2D eigenvalue weighted by Crippen LogP contribution is 2.47. The zero-order valence-corrected chi connectivity index (χ0v) is 11.2. The first-order chi connectivity index (χ1) is 6.05. The average molecular weight is 259 g/mol. The first-order valence-electron chi connectivity index (χ1n) is 4.97. The molecule has 1 aliphatic carbocycles. The monoisotopic (exact) mass is 257 g/mol. The lowest BCUT2D eigenvalue weighted by Crippen LogP contribution is -2.26. The van der Waals surface area contributed by atoms with Crippen LogP contribution >= 0.6 is 33.2 Å². The molecule has 1 fully saturated rings. The Hall–Kier alpha value is 1.09. The predicted octanol–water partition coefficient (Wildman–Crippen LogP) is 4.96. The van der Waals surface area contributed by atoms with Crippen LogP contribution in [0.1, 0.15) is 45.4 Å². The molecule has 0 amide bonds. The van der Waals surface area contributed by atoms with Crippen molar-refractivity contribution in [1.29, 1.82) is 0 Å². The molecule has 0 aromatic heterocycles. The van der Waals surface area contributed by atoms with Crippen molar-refractivity contribution < 1.29 is 0 Å². The van der Waals surface area contributed by atoms with E-state index >= 15 is 0 Å². The number of rotatable bonds is 3. The van der Waals surface area contributed by atoms with E-state index in [9.17, 15) is 0 Å². The summed E-state index contributed by atoms with van der Waals surface area (Å²) in [5, 5.41) is 0. The third kappa shape index (κ3) is 3.62. The second-order valence-corrected chi connectivity index (χ2v) is 12.6. The largest absolute Gasteiger partial charge is 0.344 e. The van der Waals surface area contributed by atoms with Crippen LogP contribution in [0.5, 0.6) is 0 Å². The molecule has 13 heavy (non-hydrogen) atoms. The summed E-state index contributed by atoms with van der Waals surface area (Å²) in [6.07, 6.45) is 7.32. The summed E-state index contributed by atoms with van der Waals surface area (Å²) in [5.41, 5.74) is 0.304. The molecule has 0 N–H and O–H groups in total. The summed E-state index contributed by atoms with van der Waals surface area (Å²) in [7, 11) is 0. The molecule has 1 rings (SSSR count). The van der Waals surface area contributed by atoms with Gasteiger partial charge in [-0.3, -0.25) is 0 Å². The molecule has 0 nitrogen and oxygen atoms in total. The van der Waals surface area contributed by atoms with Crippen LogP contribution < -0.4 is 0 Å². The van der Waals surface area contributed by atoms with Crippen LogP contribution in [0.15, 0.2) is 0 Å². The highest BCUT2D eigenvalue weighted by Gasteiger charge is 2.40. The second kappa shape index (κ2) is 5.25. The van der Waals surface area contributed by atoms with Gasteiger partial charge in [-0.2, -0.15) is 0 Å². The lowest BCUT2D eigenvalue weighted by molar-refractivity contribution is 0.501. The van der Waals surface area contributed by atoms with Gasteiger partial charge < -0.3 is 0 Å². The molecule has 77 valence electrons. The summed E-state index contributed by atoms with van der Waals surface area (Å²) in [5.74, 6) is 1.53. The molecule has 1 saturated carbocycles. The molecule has 1 aliphatic rings. The van der Waals surface area contributed by atoms with Gasteiger partial charge >= 0.3 is 6.00 Å². The zero-order valence-electron chi connectivity index (χ0n) is 7.95. The van der Waals surface area contributed by atoms with Gasteiger partial charge in [-0.05, 0) is 18.8 Å². The van der Waals surface area contributed by atoms with Crippen molar-refractivity contribution in [1.82, 2.24) is 0 Å². The normalized spacial score (nSPS) is 23.1. The van der Waals surface area contributed by atoms with Crippen molar-refractivity contribution in [2.45, 2.75) is 51.0 Å². The summed E-state index contributed by atoms with van der Waals surface area (Å²) < 4.78 is 0. The van der Waals surface area contributed by atoms with Gasteiger partial charge in [0.1, 0.15) is 0 Å². The number of hydrogen-bond donors (Lipinski definition) is 0. The van der Waals surface area contributed by atoms with Crippen LogP contribution in [-0.4, -0.2) is 6.00 Å². The van der Waals surface area contributed by atoms with Gasteiger partial charge in [0, 0.05) is 5.54 Å². The van der Waals surface area contributed by atoms with Crippen LogP contribution in [0.3, 0.4) is 0 Å². The molecule has 1 radical (unpaired) electrons. The van der Waals surface area contributed by atoms with E-state index in [0.29, 0.717) is 5.54 Å². The molecule has 0 saturated heterocycles. The van der Waals surface area contributed by atoms with Gasteiger partial charge in [0.2, 0.25) is 0 Å². The summed E-state index contributed by atoms with van der Waals surface area (Å²) in [4.78, 5) is 0. The molecule has 0 spiro atoms. The Kier molecular flexibility index (Phi) is 4.91. The van der Waals surface area contributed by atoms with Crippen molar-refractivity contribution in [3.63, 3.8) is 0 Å². The van der Waals surface area contributed by atoms with Gasteiger partial charge in [0.25, 0.3) is 0 Å². The van der Waals surface area contributed by atoms with Crippen molar-refractivity contribution in [3.8, 4) is 0 Å². The average Bonchev–Trinajstić information content (AvgIpc) is 2.05. The smallest absolute Gasteiger partial charge is 0.126 e. The van der Waals surface area contributed by atoms with Crippen molar-refractivity contribution >= 4 is 39.2 Å². The lowest BCUT2D eigenvalue weighted by atomic mass is 9.86. The Bertz CT molecular complexity index is 149. The van der Waals surface area contributed by atoms with E-state index < -0.39 is 6.00 Å². The Morgan fingerprint density at radius 3 is 2.08 bits per heavy atom. The third-order valence-electron chi connectivity index (χ3n) is 2.79. The topological polar surface area (TPSA) is 0 Å². The molecular weight excluding hydrogens is 243 g/mol. The fourth-order valence-corrected chi connectivity index (χ4v) is 6.10. The highest BCUT2D eigenvalue weighted by molar-refractivity contribution is 7.65. The molecule has 0 heterocycles. The van der Waals surface area contributed by atoms with E-state index in [2.05, 4.69) is 6.92 Å². The van der Waals surface area contributed by atoms with E-state index in [1.54, 1.807) is 0 Å². The quantitative estimate of drug-likeness (QED) is 0.496. The Morgan fingerprint density at radius 2 is 1.69 bits per heavy atom. The standard InChI is InChI=1S/C9H16Cl3Si/c1-2-9(13(10,11)12)8-6-4-3-5-7-8/h9H,2-7H2,1H3. The van der Waals surface area contributed by atoms with E-state index in [1.165, 1.54) is 38.0 Å². The highest BCUT2D eigenvalue weighted by atomic mass is 35.8. The van der Waals surface area contributed by atoms with Gasteiger partial charge in [-0.15, -0.1) is 33.2 Å². The Labute approximate surface area is 96.1 Å². The lowest BCUT2D eigenvalue weighted by Gasteiger charge is -2.32. The third-order valence-corrected chi connectivity index (χ3v) is 6.77. The molecule has 0 bridgehead atoms. The molecule has 1 unspecified atom stereocenters. The van der Waals surface area contributed by atoms with Gasteiger partial charge in [-0.25, -0.2) is 0 Å². The van der Waals surface area contributed by atoms with E-state index in [0.717, 1.165) is 6.42 Å². The molecule has 0 aromatic carbocycles. The molecule has 0 aliphatic heterocycles. The Morgan fingerprint density at radius 1 is 1.15 bits per heavy atom. The van der Waals surface area contributed by atoms with Crippen LogP contribution in [0.4, 0.5) is 0 Å². The summed E-state index contributed by atoms with van der Waals surface area (Å²) in [6, 6.07) is -2.49. The van der Waals surface area contributed by atoms with Crippen LogP contribution in [0.25, 0.3) is 0 Å². The van der Waals surface area contributed by atoms with Crippen molar-refractivity contribution in [3.05, 3.63) is 5.92 Å². The minimum absolute atomic E-state index is 0.304. The van der Waals surface area contributed by atoms with Crippen molar-refractivity contribution in [2.75, 3.05) is 0 Å². The fourth-order valence-electron chi connectivity index (χ4n) is 2.11. The minimum Gasteiger partial charge on any atom is -0.126 e. The molecular formula is C9H16Cl3Si. The first kappa shape index (κ1) is 12.2. The molecule has 1 atom stereocenters. The van der Waals surface area contributed by atoms with Crippen molar-refractivity contribution in [2.24, 2.45) is 0 Å². The number of hydrogen-bond acceptors (Lipinski definition) is 0. The number of halogens is 3. The minimum atomic E-state index is -2.49. The molecule has 0 aromatic rings. The van der Waals surface area contributed by atoms with Crippen LogP contribution in [-0.2, 0) is 0 Å². The maximum absolute atomic E-state index is 6.08. The SMILES string of the molecule is CCC([C]1CCCCC1)[Si](Cl)(Cl)Cl. The Balaban J connectivity index is 2.54. The maximum atomic E-state index is 6.08. The van der Waals surface area contributed by atoms with Crippen LogP contribution in [0.2, 0.25) is 5.54 Å². The first-order valence-corrected chi connectivity index (χ1v) is 10.1. The van der Waals surface area contributed by atoms with Gasteiger partial charge in [0.05, 0.1) is 0 Å². The second-order valence-electron chi connectivity index (χ2n) is 3.72. The van der Waals surface area contributed by atoms with E-state index in [-0.39, 0.29) is 0 Å². The van der Waals surface area contributed by atoms with Crippen LogP contribution in [0, 0.1) is 5.92 Å². The molecule has 4 heteroatoms. The summed E-state index contributed by atoms with van der Waals surface area (Å²) in [6.45, 7) is 2.13. The predicted molar refractivity (Wildman–Crippen MR) is 63.7 cm³/mol. The van der Waals surface area contributed by atoms with Gasteiger partial charge in [0.15, 0.2) is 0 Å².